The summed E-state index contributed by atoms with van der Waals surface area (Å²) in [5, 5.41) is 6.85. The summed E-state index contributed by atoms with van der Waals surface area (Å²) in [5.74, 6) is 0.0207. The lowest BCUT2D eigenvalue weighted by molar-refractivity contribution is -0.121. The molecule has 2 N–H and O–H groups in total. The van der Waals surface area contributed by atoms with Crippen LogP contribution in [0.1, 0.15) is 61.8 Å². The summed E-state index contributed by atoms with van der Waals surface area (Å²) in [6.07, 6.45) is 0. The molecule has 0 aliphatic heterocycles. The molecule has 0 atom stereocenters. The van der Waals surface area contributed by atoms with Gasteiger partial charge in [0, 0.05) is 29.7 Å². The number of hydrogen-bond acceptors (Lipinski definition) is 3. The molecule has 2 amide bonds. The van der Waals surface area contributed by atoms with Gasteiger partial charge < -0.3 is 19.9 Å². The standard InChI is InChI=1S/C33H39N3O3/c1-23(2)19-34-32(38)30-18-26-17-28(35-31(37)22-39-21-25-9-7-6-8-10-25)15-16-29(26)36(30)20-24-11-13-27(14-12-24)33(3,4)5/h6-18,23H,19-22H2,1-5H3,(H,34,38)(H,35,37). The highest BCUT2D eigenvalue weighted by molar-refractivity contribution is 6.00. The number of anilines is 1. The van der Waals surface area contributed by atoms with Crippen molar-refractivity contribution in [1.82, 2.24) is 9.88 Å². The summed E-state index contributed by atoms with van der Waals surface area (Å²) in [7, 11) is 0. The fraction of sp³-hybridized carbons (Fsp3) is 0.333. The smallest absolute Gasteiger partial charge is 0.267 e. The molecule has 39 heavy (non-hydrogen) atoms. The number of ether oxygens (including phenoxy) is 1. The van der Waals surface area contributed by atoms with Gasteiger partial charge in [-0.05, 0) is 52.3 Å². The summed E-state index contributed by atoms with van der Waals surface area (Å²) in [6, 6.07) is 26.0. The molecular formula is C33H39N3O3. The summed E-state index contributed by atoms with van der Waals surface area (Å²) in [5.41, 5.74) is 5.68. The van der Waals surface area contributed by atoms with Gasteiger partial charge in [0.05, 0.1) is 6.61 Å². The van der Waals surface area contributed by atoms with E-state index < -0.39 is 0 Å². The van der Waals surface area contributed by atoms with Crippen LogP contribution in [0.25, 0.3) is 10.9 Å². The predicted molar refractivity (Wildman–Crippen MR) is 158 cm³/mol. The van der Waals surface area contributed by atoms with Crippen molar-refractivity contribution in [2.45, 2.75) is 53.2 Å². The third-order valence-corrected chi connectivity index (χ3v) is 6.59. The van der Waals surface area contributed by atoms with E-state index in [1.807, 2.05) is 59.2 Å². The third-order valence-electron chi connectivity index (χ3n) is 6.59. The van der Waals surface area contributed by atoms with Gasteiger partial charge in [0.2, 0.25) is 5.91 Å². The van der Waals surface area contributed by atoms with Crippen molar-refractivity contribution in [1.29, 1.82) is 0 Å². The molecule has 0 saturated heterocycles. The largest absolute Gasteiger partial charge is 0.367 e. The van der Waals surface area contributed by atoms with Crippen LogP contribution in [0.4, 0.5) is 5.69 Å². The van der Waals surface area contributed by atoms with E-state index in [4.69, 9.17) is 4.74 Å². The maximum absolute atomic E-state index is 13.2. The number of benzene rings is 3. The second-order valence-corrected chi connectivity index (χ2v) is 11.5. The van der Waals surface area contributed by atoms with Crippen LogP contribution in [0, 0.1) is 5.92 Å². The minimum absolute atomic E-state index is 0.0403. The summed E-state index contributed by atoms with van der Waals surface area (Å²) in [6.45, 7) is 12.3. The number of carbonyl (C=O) groups excluding carboxylic acids is 2. The quantitative estimate of drug-likeness (QED) is 0.247. The van der Waals surface area contributed by atoms with E-state index in [1.165, 1.54) is 5.56 Å². The number of nitrogens with zero attached hydrogens (tertiary/aromatic N) is 1. The zero-order valence-electron chi connectivity index (χ0n) is 23.6. The molecule has 0 fully saturated rings. The molecule has 0 bridgehead atoms. The molecule has 4 aromatic rings. The summed E-state index contributed by atoms with van der Waals surface area (Å²) >= 11 is 0. The Morgan fingerprint density at radius 2 is 1.62 bits per heavy atom. The average Bonchev–Trinajstić information content (AvgIpc) is 3.25. The number of nitrogens with one attached hydrogen (secondary N) is 2. The van der Waals surface area contributed by atoms with Gasteiger partial charge in [-0.3, -0.25) is 9.59 Å². The Kier molecular flexibility index (Phi) is 8.87. The first-order valence-corrected chi connectivity index (χ1v) is 13.5. The predicted octanol–water partition coefficient (Wildman–Crippen LogP) is 6.53. The molecule has 1 heterocycles. The van der Waals surface area contributed by atoms with Crippen molar-refractivity contribution in [2.75, 3.05) is 18.5 Å². The van der Waals surface area contributed by atoms with E-state index >= 15 is 0 Å². The molecule has 1 aromatic heterocycles. The van der Waals surface area contributed by atoms with Gasteiger partial charge in [-0.15, -0.1) is 0 Å². The van der Waals surface area contributed by atoms with Gasteiger partial charge in [-0.25, -0.2) is 0 Å². The summed E-state index contributed by atoms with van der Waals surface area (Å²) < 4.78 is 7.62. The van der Waals surface area contributed by atoms with E-state index in [1.54, 1.807) is 0 Å². The van der Waals surface area contributed by atoms with Gasteiger partial charge in [0.25, 0.3) is 5.91 Å². The van der Waals surface area contributed by atoms with Gasteiger partial charge in [0.15, 0.2) is 0 Å². The van der Waals surface area contributed by atoms with Crippen molar-refractivity contribution >= 4 is 28.4 Å². The fourth-order valence-corrected chi connectivity index (χ4v) is 4.42. The van der Waals surface area contributed by atoms with Crippen molar-refractivity contribution in [2.24, 2.45) is 5.92 Å². The maximum atomic E-state index is 13.2. The minimum Gasteiger partial charge on any atom is -0.367 e. The van der Waals surface area contributed by atoms with E-state index in [-0.39, 0.29) is 23.8 Å². The first-order chi connectivity index (χ1) is 18.6. The highest BCUT2D eigenvalue weighted by atomic mass is 16.5. The van der Waals surface area contributed by atoms with Crippen LogP contribution in [0.5, 0.6) is 0 Å². The molecular weight excluding hydrogens is 486 g/mol. The SMILES string of the molecule is CC(C)CNC(=O)c1cc2cc(NC(=O)COCc3ccccc3)ccc2n1Cc1ccc(C(C)(C)C)cc1. The van der Waals surface area contributed by atoms with Crippen molar-refractivity contribution in [3.05, 3.63) is 101 Å². The Balaban J connectivity index is 1.53. The van der Waals surface area contributed by atoms with E-state index in [0.29, 0.717) is 37.0 Å². The number of carbonyl (C=O) groups is 2. The zero-order chi connectivity index (χ0) is 28.0. The maximum Gasteiger partial charge on any atom is 0.267 e. The molecule has 4 rings (SSSR count). The minimum atomic E-state index is -0.224. The van der Waals surface area contributed by atoms with Crippen LogP contribution < -0.4 is 10.6 Å². The van der Waals surface area contributed by atoms with E-state index in [9.17, 15) is 9.59 Å². The van der Waals surface area contributed by atoms with E-state index in [2.05, 4.69) is 69.5 Å². The Bertz CT molecular complexity index is 1410. The molecule has 0 aliphatic rings. The van der Waals surface area contributed by atoms with Crippen molar-refractivity contribution < 1.29 is 14.3 Å². The van der Waals surface area contributed by atoms with Crippen LogP contribution in [0.2, 0.25) is 0 Å². The normalized spacial score (nSPS) is 11.6. The lowest BCUT2D eigenvalue weighted by Crippen LogP contribution is -2.29. The van der Waals surface area contributed by atoms with Gasteiger partial charge in [0.1, 0.15) is 12.3 Å². The highest BCUT2D eigenvalue weighted by Crippen LogP contribution is 2.27. The fourth-order valence-electron chi connectivity index (χ4n) is 4.42. The Morgan fingerprint density at radius 3 is 2.28 bits per heavy atom. The van der Waals surface area contributed by atoms with E-state index in [0.717, 1.165) is 22.0 Å². The number of amides is 2. The molecule has 0 unspecified atom stereocenters. The molecule has 204 valence electrons. The second kappa shape index (κ2) is 12.3. The average molecular weight is 526 g/mol. The number of hydrogen-bond donors (Lipinski definition) is 2. The molecule has 0 aliphatic carbocycles. The van der Waals surface area contributed by atoms with Gasteiger partial charge >= 0.3 is 0 Å². The van der Waals surface area contributed by atoms with Gasteiger partial charge in [-0.1, -0.05) is 89.2 Å². The first-order valence-electron chi connectivity index (χ1n) is 13.5. The zero-order valence-corrected chi connectivity index (χ0v) is 23.6. The molecule has 0 spiro atoms. The van der Waals surface area contributed by atoms with Crippen molar-refractivity contribution in [3.8, 4) is 0 Å². The van der Waals surface area contributed by atoms with Crippen LogP contribution in [0.3, 0.4) is 0 Å². The number of fused-ring (bicyclic) bond motifs is 1. The highest BCUT2D eigenvalue weighted by Gasteiger charge is 2.18. The topological polar surface area (TPSA) is 72.4 Å². The lowest BCUT2D eigenvalue weighted by atomic mass is 9.87. The molecule has 0 radical (unpaired) electrons. The third kappa shape index (κ3) is 7.58. The van der Waals surface area contributed by atoms with Crippen LogP contribution in [-0.4, -0.2) is 29.5 Å². The van der Waals surface area contributed by atoms with Crippen LogP contribution >= 0.6 is 0 Å². The molecule has 0 saturated carbocycles. The summed E-state index contributed by atoms with van der Waals surface area (Å²) in [4.78, 5) is 25.7. The van der Waals surface area contributed by atoms with Crippen molar-refractivity contribution in [3.63, 3.8) is 0 Å². The second-order valence-electron chi connectivity index (χ2n) is 11.5. The van der Waals surface area contributed by atoms with Crippen LogP contribution in [0.15, 0.2) is 78.9 Å². The lowest BCUT2D eigenvalue weighted by Gasteiger charge is -2.19. The van der Waals surface area contributed by atoms with Gasteiger partial charge in [-0.2, -0.15) is 0 Å². The monoisotopic (exact) mass is 525 g/mol. The number of aromatic nitrogens is 1. The first kappa shape index (κ1) is 28.1. The number of rotatable bonds is 10. The molecule has 6 nitrogen and oxygen atoms in total. The molecule has 6 heteroatoms. The van der Waals surface area contributed by atoms with Crippen LogP contribution in [-0.2, 0) is 28.1 Å². The Hall–Kier alpha value is -3.90. The molecule has 3 aromatic carbocycles. The Labute approximate surface area is 231 Å². The Morgan fingerprint density at radius 1 is 0.897 bits per heavy atom.